The van der Waals surface area contributed by atoms with Crippen LogP contribution in [-0.4, -0.2) is 72.4 Å². The van der Waals surface area contributed by atoms with Crippen LogP contribution in [0.2, 0.25) is 0 Å². The molecule has 0 fully saturated rings. The van der Waals surface area contributed by atoms with E-state index in [4.69, 9.17) is 9.47 Å². The highest BCUT2D eigenvalue weighted by Crippen LogP contribution is 2.34. The standard InChI is InChI=1S/C29H37FN6O6S/c1-16(2)33(7)24(37)18(4)35-25(38)23-17(3)26(36-31-11-12-32-36)43-27(23)34(28(35)39)14-22(42-15-29(5,6)40)20-13-19(30)9-10-21(20)41-8/h9-13,16,18,22,40H,14-15H2,1-8H3/t18-,22-/m0/s1. The molecule has 0 bridgehead atoms. The second kappa shape index (κ2) is 12.4. The highest BCUT2D eigenvalue weighted by atomic mass is 32.1. The third-order valence-corrected chi connectivity index (χ3v) is 8.49. The number of hydrogen-bond donors (Lipinski definition) is 1. The van der Waals surface area contributed by atoms with Gasteiger partial charge in [-0.25, -0.2) is 13.8 Å². The molecule has 14 heteroatoms. The minimum atomic E-state index is -1.25. The fourth-order valence-electron chi connectivity index (χ4n) is 4.69. The largest absolute Gasteiger partial charge is 0.496 e. The van der Waals surface area contributed by atoms with E-state index in [1.807, 2.05) is 13.8 Å². The second-order valence-electron chi connectivity index (χ2n) is 11.3. The molecular weight excluding hydrogens is 579 g/mol. The molecule has 3 heterocycles. The van der Waals surface area contributed by atoms with E-state index < -0.39 is 40.7 Å². The first-order valence-corrected chi connectivity index (χ1v) is 14.6. The smallest absolute Gasteiger partial charge is 0.332 e. The van der Waals surface area contributed by atoms with E-state index in [9.17, 15) is 23.9 Å². The van der Waals surface area contributed by atoms with Gasteiger partial charge in [0.2, 0.25) is 5.91 Å². The zero-order valence-electron chi connectivity index (χ0n) is 25.5. The van der Waals surface area contributed by atoms with E-state index in [2.05, 4.69) is 10.2 Å². The van der Waals surface area contributed by atoms with Gasteiger partial charge in [0.15, 0.2) is 0 Å². The van der Waals surface area contributed by atoms with Gasteiger partial charge in [-0.1, -0.05) is 11.3 Å². The fraction of sp³-hybridized carbons (Fsp3) is 0.483. The molecule has 12 nitrogen and oxygen atoms in total. The Morgan fingerprint density at radius 3 is 2.42 bits per heavy atom. The first-order valence-electron chi connectivity index (χ1n) is 13.8. The number of rotatable bonds is 11. The molecule has 0 saturated carbocycles. The van der Waals surface area contributed by atoms with Gasteiger partial charge in [-0.05, 0) is 59.7 Å². The quantitative estimate of drug-likeness (QED) is 0.272. The van der Waals surface area contributed by atoms with Crippen LogP contribution >= 0.6 is 11.3 Å². The number of methoxy groups -OCH3 is 1. The van der Waals surface area contributed by atoms with Crippen molar-refractivity contribution < 1.29 is 23.8 Å². The Balaban J connectivity index is 2.01. The number of nitrogens with zero attached hydrogens (tertiary/aromatic N) is 6. The number of carbonyl (C=O) groups excluding carboxylic acids is 1. The van der Waals surface area contributed by atoms with Crippen LogP contribution in [0.25, 0.3) is 15.2 Å². The summed E-state index contributed by atoms with van der Waals surface area (Å²) in [5.41, 5.74) is -1.80. The molecule has 0 saturated heterocycles. The Kier molecular flexibility index (Phi) is 9.23. The zero-order chi connectivity index (χ0) is 31.8. The average Bonchev–Trinajstić information content (AvgIpc) is 3.59. The molecule has 1 aromatic carbocycles. The van der Waals surface area contributed by atoms with E-state index in [0.29, 0.717) is 26.7 Å². The summed E-state index contributed by atoms with van der Waals surface area (Å²) in [5, 5.41) is 19.6. The van der Waals surface area contributed by atoms with Crippen molar-refractivity contribution in [2.24, 2.45) is 0 Å². The molecule has 1 amide bonds. The highest BCUT2D eigenvalue weighted by Gasteiger charge is 2.31. The van der Waals surface area contributed by atoms with Crippen molar-refractivity contribution in [1.82, 2.24) is 29.0 Å². The maximum atomic E-state index is 14.5. The molecule has 0 aliphatic rings. The van der Waals surface area contributed by atoms with Crippen LogP contribution < -0.4 is 16.0 Å². The summed E-state index contributed by atoms with van der Waals surface area (Å²) >= 11 is 1.13. The van der Waals surface area contributed by atoms with Crippen LogP contribution in [0.3, 0.4) is 0 Å². The second-order valence-corrected chi connectivity index (χ2v) is 12.3. The van der Waals surface area contributed by atoms with Crippen LogP contribution in [0, 0.1) is 12.7 Å². The number of carbonyl (C=O) groups is 1. The summed E-state index contributed by atoms with van der Waals surface area (Å²) in [5.74, 6) is -0.653. The van der Waals surface area contributed by atoms with Crippen molar-refractivity contribution in [3.63, 3.8) is 0 Å². The monoisotopic (exact) mass is 616 g/mol. The van der Waals surface area contributed by atoms with Crippen molar-refractivity contribution in [2.45, 2.75) is 71.9 Å². The summed E-state index contributed by atoms with van der Waals surface area (Å²) in [7, 11) is 3.04. The van der Waals surface area contributed by atoms with Crippen molar-refractivity contribution in [1.29, 1.82) is 0 Å². The molecule has 4 aromatic rings. The number of halogens is 1. The number of aryl methyl sites for hydroxylation is 1. The van der Waals surface area contributed by atoms with Gasteiger partial charge in [0, 0.05) is 24.2 Å². The Labute approximate surface area is 251 Å². The summed E-state index contributed by atoms with van der Waals surface area (Å²) in [6, 6.07) is 2.63. The molecule has 0 aliphatic carbocycles. The van der Waals surface area contributed by atoms with Crippen molar-refractivity contribution >= 4 is 27.5 Å². The van der Waals surface area contributed by atoms with Crippen LogP contribution in [0.1, 0.15) is 57.9 Å². The normalized spacial score (nSPS) is 13.5. The first kappa shape index (κ1) is 32.0. The molecule has 232 valence electrons. The lowest BCUT2D eigenvalue weighted by Crippen LogP contribution is -2.48. The van der Waals surface area contributed by atoms with Gasteiger partial charge in [0.1, 0.15) is 33.5 Å². The molecule has 4 rings (SSSR count). The minimum Gasteiger partial charge on any atom is -0.496 e. The maximum Gasteiger partial charge on any atom is 0.332 e. The van der Waals surface area contributed by atoms with Gasteiger partial charge in [0.05, 0.1) is 43.6 Å². The van der Waals surface area contributed by atoms with Crippen LogP contribution in [0.4, 0.5) is 4.39 Å². The van der Waals surface area contributed by atoms with Crippen LogP contribution in [0.5, 0.6) is 5.75 Å². The summed E-state index contributed by atoms with van der Waals surface area (Å²) in [6.45, 7) is 9.66. The average molecular weight is 617 g/mol. The topological polar surface area (TPSA) is 134 Å². The van der Waals surface area contributed by atoms with Crippen molar-refractivity contribution in [3.05, 3.63) is 68.4 Å². The van der Waals surface area contributed by atoms with Crippen LogP contribution in [-0.2, 0) is 16.1 Å². The Morgan fingerprint density at radius 1 is 1.19 bits per heavy atom. The Morgan fingerprint density at radius 2 is 1.84 bits per heavy atom. The molecular formula is C29H37FN6O6S. The van der Waals surface area contributed by atoms with Gasteiger partial charge in [-0.3, -0.25) is 14.2 Å². The van der Waals surface area contributed by atoms with E-state index in [0.717, 1.165) is 15.9 Å². The lowest BCUT2D eigenvalue weighted by molar-refractivity contribution is -0.134. The van der Waals surface area contributed by atoms with Gasteiger partial charge >= 0.3 is 5.69 Å². The number of hydrogen-bond acceptors (Lipinski definition) is 9. The van der Waals surface area contributed by atoms with Gasteiger partial charge in [-0.2, -0.15) is 10.2 Å². The number of ether oxygens (including phenoxy) is 2. The molecule has 0 spiro atoms. The molecule has 0 radical (unpaired) electrons. The number of fused-ring (bicyclic) bond motifs is 1. The summed E-state index contributed by atoms with van der Waals surface area (Å²) < 4.78 is 28.4. The Bertz CT molecular complexity index is 1740. The summed E-state index contributed by atoms with van der Waals surface area (Å²) in [4.78, 5) is 44.8. The minimum absolute atomic E-state index is 0.158. The lowest BCUT2D eigenvalue weighted by atomic mass is 10.1. The van der Waals surface area contributed by atoms with E-state index >= 15 is 0 Å². The molecule has 1 N–H and O–H groups in total. The van der Waals surface area contributed by atoms with Gasteiger partial charge < -0.3 is 19.5 Å². The van der Waals surface area contributed by atoms with E-state index in [-0.39, 0.29) is 24.6 Å². The zero-order valence-corrected chi connectivity index (χ0v) is 26.3. The van der Waals surface area contributed by atoms with Crippen molar-refractivity contribution in [2.75, 3.05) is 20.8 Å². The fourth-order valence-corrected chi connectivity index (χ4v) is 5.91. The number of aromatic nitrogens is 5. The number of aliphatic hydroxyl groups is 1. The molecule has 0 unspecified atom stereocenters. The van der Waals surface area contributed by atoms with E-state index in [1.54, 1.807) is 27.8 Å². The molecule has 0 aliphatic heterocycles. The SMILES string of the molecule is COc1ccc(F)cc1[C@H](Cn1c(=O)n([C@@H](C)C(=O)N(C)C(C)C)c(=O)c2c(C)c(-n3nccn3)sc21)OCC(C)(C)O. The number of amides is 1. The predicted octanol–water partition coefficient (Wildman–Crippen LogP) is 3.22. The van der Waals surface area contributed by atoms with E-state index in [1.165, 1.54) is 58.9 Å². The number of likely N-dealkylation sites (N-methyl/N-ethyl adjacent to an activating group) is 1. The lowest BCUT2D eigenvalue weighted by Gasteiger charge is -2.27. The van der Waals surface area contributed by atoms with Gasteiger partial charge in [0.25, 0.3) is 5.56 Å². The number of benzene rings is 1. The van der Waals surface area contributed by atoms with Gasteiger partial charge in [-0.15, -0.1) is 4.80 Å². The molecule has 3 aromatic heterocycles. The molecule has 2 atom stereocenters. The summed E-state index contributed by atoms with van der Waals surface area (Å²) in [6.07, 6.45) is 1.99. The van der Waals surface area contributed by atoms with Crippen molar-refractivity contribution in [3.8, 4) is 10.8 Å². The third-order valence-electron chi connectivity index (χ3n) is 7.21. The third kappa shape index (κ3) is 6.40. The predicted molar refractivity (Wildman–Crippen MR) is 161 cm³/mol. The number of thiophene rings is 1. The molecule has 43 heavy (non-hydrogen) atoms. The highest BCUT2D eigenvalue weighted by molar-refractivity contribution is 7.21. The maximum absolute atomic E-state index is 14.5. The Hall–Kier alpha value is -3.88. The first-order chi connectivity index (χ1) is 20.2. The van der Waals surface area contributed by atoms with Crippen LogP contribution in [0.15, 0.2) is 40.2 Å².